The van der Waals surface area contributed by atoms with Crippen molar-refractivity contribution in [3.05, 3.63) is 118 Å². The van der Waals surface area contributed by atoms with Crippen LogP contribution in [-0.2, 0) is 22.7 Å². The number of hydrogen-bond donors (Lipinski definition) is 3. The number of aliphatic imine (C=N–C) groups is 1. The number of hydrogen-bond acceptors (Lipinski definition) is 7. The average molecular weight is 623 g/mol. The van der Waals surface area contributed by atoms with Gasteiger partial charge < -0.3 is 30.1 Å². The van der Waals surface area contributed by atoms with Crippen molar-refractivity contribution in [2.75, 3.05) is 37.4 Å². The Morgan fingerprint density at radius 2 is 1.88 bits per heavy atom. The molecule has 0 saturated heterocycles. The van der Waals surface area contributed by atoms with Gasteiger partial charge in [-0.25, -0.2) is 9.38 Å². The van der Waals surface area contributed by atoms with Gasteiger partial charge in [0.2, 0.25) is 5.91 Å². The number of aliphatic hydroxyl groups excluding tert-OH is 1. The first kappa shape index (κ1) is 30.5. The van der Waals surface area contributed by atoms with E-state index in [4.69, 9.17) is 31.2 Å². The maximum Gasteiger partial charge on any atom is 0.230 e. The zero-order valence-electron chi connectivity index (χ0n) is 23.3. The van der Waals surface area contributed by atoms with Gasteiger partial charge in [-0.2, -0.15) is 0 Å². The zero-order chi connectivity index (χ0) is 30.0. The summed E-state index contributed by atoms with van der Waals surface area (Å²) in [6, 6.07) is 21.7. The number of nitrogens with one attached hydrogen (secondary N) is 2. The first-order chi connectivity index (χ1) is 21.0. The Morgan fingerprint density at radius 3 is 2.67 bits per heavy atom. The third-order valence-corrected chi connectivity index (χ3v) is 8.77. The van der Waals surface area contributed by atoms with Gasteiger partial charge in [0.1, 0.15) is 24.0 Å². The summed E-state index contributed by atoms with van der Waals surface area (Å²) < 4.78 is 24.6. The maximum absolute atomic E-state index is 13.5. The molecule has 8 nitrogen and oxygen atoms in total. The van der Waals surface area contributed by atoms with Crippen LogP contribution in [-0.4, -0.2) is 59.4 Å². The van der Waals surface area contributed by atoms with Crippen molar-refractivity contribution in [1.82, 2.24) is 10.2 Å². The quantitative estimate of drug-likeness (QED) is 0.167. The van der Waals surface area contributed by atoms with E-state index in [0.717, 1.165) is 21.8 Å². The van der Waals surface area contributed by atoms with Crippen molar-refractivity contribution >= 4 is 45.0 Å². The Balaban J connectivity index is 1.32. The van der Waals surface area contributed by atoms with Crippen LogP contribution in [0.5, 0.6) is 5.75 Å². The van der Waals surface area contributed by atoms with Crippen LogP contribution in [0.1, 0.15) is 11.1 Å². The number of ether oxygens (including phenoxy) is 2. The third-order valence-electron chi connectivity index (χ3n) is 6.48. The molecule has 0 radical (unpaired) electrons. The molecule has 3 aromatic rings. The number of anilines is 1. The van der Waals surface area contributed by atoms with Gasteiger partial charge >= 0.3 is 0 Å². The minimum Gasteiger partial charge on any atom is -0.487 e. The van der Waals surface area contributed by atoms with Gasteiger partial charge in [-0.3, -0.25) is 4.79 Å². The highest BCUT2D eigenvalue weighted by Crippen LogP contribution is 2.36. The van der Waals surface area contributed by atoms with Gasteiger partial charge in [0, 0.05) is 24.4 Å². The molecular weight excluding hydrogens is 591 g/mol. The standard InChI is InChI=1S/C32H32ClFN4O4S/c33-28-18-26(9-10-29(28)42-20-24-7-4-8-25(34)17-24)37-31-27-11-16-43(21-30(40)35-12-14-41-15-13-39)32(27)38(22-36-31)19-23-5-2-1-3-6-23/h1-11,16-18,22,37,39H,12-15,19-21H2,(H,35,40). The number of rotatable bonds is 14. The molecular formula is C32H32ClFN4O4S. The second kappa shape index (κ2) is 15.0. The van der Waals surface area contributed by atoms with Crippen molar-refractivity contribution in [3.63, 3.8) is 0 Å². The second-order valence-corrected chi connectivity index (χ2v) is 11.9. The molecule has 3 N–H and O–H groups in total. The molecule has 11 heteroatoms. The lowest BCUT2D eigenvalue weighted by Gasteiger charge is -2.28. The normalized spacial score (nSPS) is 15.6. The fraction of sp³-hybridized carbons (Fsp3) is 0.219. The molecule has 2 aliphatic heterocycles. The highest BCUT2D eigenvalue weighted by atomic mass is 35.5. The first-order valence-corrected chi connectivity index (χ1v) is 15.6. The SMILES string of the molecule is O=C(CS1=C2C(=C(Nc3ccc(OCc4cccc(F)c4)c(Cl)c3)N=CN2Cc2ccccc2)C=C1)NCCOCCO. The van der Waals surface area contributed by atoms with Crippen LogP contribution in [0.25, 0.3) is 0 Å². The molecule has 0 fully saturated rings. The van der Waals surface area contributed by atoms with Gasteiger partial charge in [-0.1, -0.05) is 54.1 Å². The molecule has 2 heterocycles. The molecule has 0 spiro atoms. The predicted octanol–water partition coefficient (Wildman–Crippen LogP) is 5.28. The summed E-state index contributed by atoms with van der Waals surface area (Å²) in [7, 11) is -0.489. The molecule has 1 unspecified atom stereocenters. The van der Waals surface area contributed by atoms with E-state index in [1.165, 1.54) is 12.1 Å². The fourth-order valence-corrected chi connectivity index (χ4v) is 6.65. The highest BCUT2D eigenvalue weighted by Gasteiger charge is 2.27. The van der Waals surface area contributed by atoms with Crippen LogP contribution >= 0.6 is 22.1 Å². The maximum atomic E-state index is 13.5. The monoisotopic (exact) mass is 622 g/mol. The summed E-state index contributed by atoms with van der Waals surface area (Å²) in [5.74, 6) is 1.03. The van der Waals surface area contributed by atoms with Gasteiger partial charge in [-0.15, -0.1) is 10.5 Å². The Morgan fingerprint density at radius 1 is 1.05 bits per heavy atom. The third kappa shape index (κ3) is 8.32. The van der Waals surface area contributed by atoms with Crippen LogP contribution in [0, 0.1) is 5.82 Å². The van der Waals surface area contributed by atoms with E-state index in [-0.39, 0.29) is 31.5 Å². The number of carbonyl (C=O) groups excluding carboxylic acids is 1. The summed E-state index contributed by atoms with van der Waals surface area (Å²) in [5, 5.41) is 17.6. The molecule has 0 bridgehead atoms. The summed E-state index contributed by atoms with van der Waals surface area (Å²) in [6.07, 6.45) is 3.80. The van der Waals surface area contributed by atoms with E-state index in [9.17, 15) is 9.18 Å². The van der Waals surface area contributed by atoms with Crippen molar-refractivity contribution in [2.24, 2.45) is 4.99 Å². The first-order valence-electron chi connectivity index (χ1n) is 13.7. The number of benzene rings is 3. The summed E-state index contributed by atoms with van der Waals surface area (Å²) >= 11 is 6.53. The Kier molecular flexibility index (Phi) is 10.6. The predicted molar refractivity (Wildman–Crippen MR) is 171 cm³/mol. The minimum atomic E-state index is -0.489. The number of fused-ring (bicyclic) bond motifs is 1. The van der Waals surface area contributed by atoms with E-state index in [0.29, 0.717) is 47.6 Å². The second-order valence-electron chi connectivity index (χ2n) is 9.68. The number of nitrogens with zero attached hydrogens (tertiary/aromatic N) is 2. The van der Waals surface area contributed by atoms with Crippen molar-refractivity contribution in [2.45, 2.75) is 13.2 Å². The molecule has 1 amide bonds. The average Bonchev–Trinajstić information content (AvgIpc) is 3.42. The van der Waals surface area contributed by atoms with Crippen LogP contribution in [0.2, 0.25) is 5.02 Å². The number of halogens is 2. The lowest BCUT2D eigenvalue weighted by atomic mass is 10.1. The van der Waals surface area contributed by atoms with Gasteiger partial charge in [-0.05, 0) is 52.9 Å². The van der Waals surface area contributed by atoms with Crippen LogP contribution < -0.4 is 15.4 Å². The Labute approximate surface area is 257 Å². The molecule has 43 heavy (non-hydrogen) atoms. The van der Waals surface area contributed by atoms with Gasteiger partial charge in [0.05, 0.1) is 41.9 Å². The van der Waals surface area contributed by atoms with Crippen molar-refractivity contribution in [1.29, 1.82) is 0 Å². The summed E-state index contributed by atoms with van der Waals surface area (Å²) in [6.45, 7) is 1.72. The topological polar surface area (TPSA) is 95.4 Å². The molecule has 0 aliphatic carbocycles. The van der Waals surface area contributed by atoms with Gasteiger partial charge in [0.15, 0.2) is 0 Å². The smallest absolute Gasteiger partial charge is 0.230 e. The van der Waals surface area contributed by atoms with Crippen molar-refractivity contribution in [3.8, 4) is 5.75 Å². The number of amides is 1. The van der Waals surface area contributed by atoms with E-state index in [1.54, 1.807) is 30.6 Å². The molecule has 0 aromatic heterocycles. The summed E-state index contributed by atoms with van der Waals surface area (Å²) in [4.78, 5) is 20.6. The number of carbonyl (C=O) groups is 1. The van der Waals surface area contributed by atoms with Crippen LogP contribution in [0.4, 0.5) is 10.1 Å². The Bertz CT molecular complexity index is 1580. The van der Waals surface area contributed by atoms with E-state index in [1.807, 2.05) is 30.3 Å². The molecule has 3 aromatic carbocycles. The summed E-state index contributed by atoms with van der Waals surface area (Å²) in [5.41, 5.74) is 3.46. The van der Waals surface area contributed by atoms with Crippen molar-refractivity contribution < 1.29 is 23.8 Å². The lowest BCUT2D eigenvalue weighted by Crippen LogP contribution is -2.35. The fourth-order valence-electron chi connectivity index (χ4n) is 4.51. The lowest BCUT2D eigenvalue weighted by molar-refractivity contribution is -0.118. The Hall–Kier alpha value is -3.96. The minimum absolute atomic E-state index is 0.0501. The van der Waals surface area contributed by atoms with E-state index < -0.39 is 10.5 Å². The van der Waals surface area contributed by atoms with E-state index in [2.05, 4.69) is 33.1 Å². The number of aliphatic hydroxyl groups is 1. The van der Waals surface area contributed by atoms with E-state index >= 15 is 0 Å². The molecule has 1 atom stereocenters. The molecule has 0 saturated carbocycles. The zero-order valence-corrected chi connectivity index (χ0v) is 24.9. The molecule has 224 valence electrons. The van der Waals surface area contributed by atoms with Gasteiger partial charge in [0.25, 0.3) is 0 Å². The highest BCUT2D eigenvalue weighted by molar-refractivity contribution is 8.19. The molecule has 5 rings (SSSR count). The molecule has 2 aliphatic rings. The van der Waals surface area contributed by atoms with Crippen LogP contribution in [0.15, 0.2) is 101 Å². The largest absolute Gasteiger partial charge is 0.487 e. The van der Waals surface area contributed by atoms with Crippen LogP contribution in [0.3, 0.4) is 0 Å².